The zero-order valence-electron chi connectivity index (χ0n) is 10.6. The summed E-state index contributed by atoms with van der Waals surface area (Å²) in [6.07, 6.45) is -0.0486. The zero-order valence-corrected chi connectivity index (χ0v) is 10.6. The van der Waals surface area contributed by atoms with Crippen LogP contribution in [0.2, 0.25) is 0 Å². The predicted molar refractivity (Wildman–Crippen MR) is 67.0 cm³/mol. The van der Waals surface area contributed by atoms with Crippen LogP contribution in [-0.2, 0) is 9.53 Å². The molecule has 7 nitrogen and oxygen atoms in total. The van der Waals surface area contributed by atoms with E-state index in [4.69, 9.17) is 5.11 Å². The lowest BCUT2D eigenvalue weighted by Crippen LogP contribution is -2.31. The predicted octanol–water partition coefficient (Wildman–Crippen LogP) is 1.21. The van der Waals surface area contributed by atoms with Crippen molar-refractivity contribution in [2.24, 2.45) is 0 Å². The maximum Gasteiger partial charge on any atom is 0.337 e. The standard InChI is InChI=1S/C12H13FN2O5/c1-20-9(16)5-6-14-12(19)15-10-7(11(17)18)3-2-4-8(10)13/h2-4H,5-6H2,1H3,(H,17,18)(H2,14,15,19). The van der Waals surface area contributed by atoms with Crippen LogP contribution < -0.4 is 10.6 Å². The molecule has 0 aliphatic heterocycles. The monoisotopic (exact) mass is 284 g/mol. The maximum atomic E-state index is 13.5. The average molecular weight is 284 g/mol. The number of esters is 1. The molecule has 0 heterocycles. The number of methoxy groups -OCH3 is 1. The fourth-order valence-corrected chi connectivity index (χ4v) is 1.37. The van der Waals surface area contributed by atoms with Crippen molar-refractivity contribution >= 4 is 23.7 Å². The van der Waals surface area contributed by atoms with Crippen molar-refractivity contribution in [2.45, 2.75) is 6.42 Å². The van der Waals surface area contributed by atoms with Gasteiger partial charge >= 0.3 is 18.0 Å². The van der Waals surface area contributed by atoms with E-state index < -0.39 is 29.5 Å². The van der Waals surface area contributed by atoms with E-state index in [0.717, 1.165) is 12.1 Å². The summed E-state index contributed by atoms with van der Waals surface area (Å²) in [6, 6.07) is 2.59. The molecule has 0 aliphatic carbocycles. The molecule has 0 unspecified atom stereocenters. The van der Waals surface area contributed by atoms with Gasteiger partial charge in [-0.1, -0.05) is 6.07 Å². The molecule has 0 radical (unpaired) electrons. The molecule has 1 aromatic carbocycles. The summed E-state index contributed by atoms with van der Waals surface area (Å²) < 4.78 is 17.9. The lowest BCUT2D eigenvalue weighted by molar-refractivity contribution is -0.140. The van der Waals surface area contributed by atoms with Crippen molar-refractivity contribution in [1.29, 1.82) is 0 Å². The average Bonchev–Trinajstić information content (AvgIpc) is 2.40. The number of para-hydroxylation sites is 1. The fraction of sp³-hybridized carbons (Fsp3) is 0.250. The number of hydrogen-bond acceptors (Lipinski definition) is 4. The molecular weight excluding hydrogens is 271 g/mol. The summed E-state index contributed by atoms with van der Waals surface area (Å²) in [4.78, 5) is 33.2. The molecule has 3 N–H and O–H groups in total. The molecule has 1 aromatic rings. The molecule has 20 heavy (non-hydrogen) atoms. The van der Waals surface area contributed by atoms with Crippen LogP contribution in [0, 0.1) is 5.82 Å². The third-order valence-corrected chi connectivity index (χ3v) is 2.32. The van der Waals surface area contributed by atoms with Gasteiger partial charge in [0.05, 0.1) is 24.8 Å². The van der Waals surface area contributed by atoms with Crippen LogP contribution in [0.3, 0.4) is 0 Å². The number of nitrogens with one attached hydrogen (secondary N) is 2. The molecule has 0 aromatic heterocycles. The highest BCUT2D eigenvalue weighted by Gasteiger charge is 2.16. The van der Waals surface area contributed by atoms with Crippen molar-refractivity contribution in [3.8, 4) is 0 Å². The minimum absolute atomic E-state index is 0.0185. The van der Waals surface area contributed by atoms with Crippen molar-refractivity contribution < 1.29 is 28.6 Å². The van der Waals surface area contributed by atoms with E-state index in [1.807, 2.05) is 0 Å². The number of urea groups is 1. The third-order valence-electron chi connectivity index (χ3n) is 2.32. The van der Waals surface area contributed by atoms with Crippen LogP contribution in [0.5, 0.6) is 0 Å². The molecule has 0 aliphatic rings. The van der Waals surface area contributed by atoms with Crippen LogP contribution >= 0.6 is 0 Å². The second-order valence-corrected chi connectivity index (χ2v) is 3.67. The van der Waals surface area contributed by atoms with Gasteiger partial charge in [-0.25, -0.2) is 14.0 Å². The first-order valence-corrected chi connectivity index (χ1v) is 5.59. The molecule has 1 rings (SSSR count). The SMILES string of the molecule is COC(=O)CCNC(=O)Nc1c(F)cccc1C(=O)O. The van der Waals surface area contributed by atoms with Gasteiger partial charge in [0.2, 0.25) is 0 Å². The Kier molecular flexibility index (Phi) is 5.45. The summed E-state index contributed by atoms with van der Waals surface area (Å²) in [5.41, 5.74) is -0.802. The molecule has 0 spiro atoms. The van der Waals surface area contributed by atoms with Gasteiger partial charge in [-0.3, -0.25) is 4.79 Å². The van der Waals surface area contributed by atoms with Crippen LogP contribution in [0.25, 0.3) is 0 Å². The Morgan fingerprint density at radius 2 is 2.05 bits per heavy atom. The van der Waals surface area contributed by atoms with Gasteiger partial charge in [0.1, 0.15) is 5.82 Å². The molecule has 0 saturated carbocycles. The summed E-state index contributed by atoms with van der Waals surface area (Å²) in [5.74, 6) is -2.75. The number of aromatic carboxylic acids is 1. The molecule has 0 bridgehead atoms. The number of hydrogen-bond donors (Lipinski definition) is 3. The van der Waals surface area contributed by atoms with Crippen LogP contribution in [0.4, 0.5) is 14.9 Å². The molecule has 108 valence electrons. The summed E-state index contributed by atoms with van der Waals surface area (Å²) in [7, 11) is 1.21. The van der Waals surface area contributed by atoms with Crippen molar-refractivity contribution in [2.75, 3.05) is 19.0 Å². The normalized spacial score (nSPS) is 9.70. The molecule has 0 fully saturated rings. The minimum Gasteiger partial charge on any atom is -0.478 e. The highest BCUT2D eigenvalue weighted by atomic mass is 19.1. The second kappa shape index (κ2) is 7.07. The summed E-state index contributed by atoms with van der Waals surface area (Å²) >= 11 is 0. The Morgan fingerprint density at radius 1 is 1.35 bits per heavy atom. The van der Waals surface area contributed by atoms with E-state index >= 15 is 0 Å². The van der Waals surface area contributed by atoms with E-state index in [-0.39, 0.29) is 18.5 Å². The summed E-state index contributed by atoms with van der Waals surface area (Å²) in [6.45, 7) is -0.0185. The Bertz CT molecular complexity index is 533. The Morgan fingerprint density at radius 3 is 2.65 bits per heavy atom. The van der Waals surface area contributed by atoms with Gasteiger partial charge < -0.3 is 20.5 Å². The number of anilines is 1. The Hall–Kier alpha value is -2.64. The number of carboxylic acids is 1. The first-order valence-electron chi connectivity index (χ1n) is 5.59. The van der Waals surface area contributed by atoms with Gasteiger partial charge in [0, 0.05) is 6.54 Å². The van der Waals surface area contributed by atoms with Gasteiger partial charge in [-0.05, 0) is 12.1 Å². The smallest absolute Gasteiger partial charge is 0.337 e. The van der Waals surface area contributed by atoms with E-state index in [2.05, 4.69) is 15.4 Å². The number of carbonyl (C=O) groups is 3. The first-order chi connectivity index (χ1) is 9.45. The maximum absolute atomic E-state index is 13.5. The zero-order chi connectivity index (χ0) is 15.1. The number of amides is 2. The highest BCUT2D eigenvalue weighted by Crippen LogP contribution is 2.19. The van der Waals surface area contributed by atoms with E-state index in [1.165, 1.54) is 13.2 Å². The second-order valence-electron chi connectivity index (χ2n) is 3.67. The van der Waals surface area contributed by atoms with E-state index in [1.54, 1.807) is 0 Å². The van der Waals surface area contributed by atoms with E-state index in [9.17, 15) is 18.8 Å². The largest absolute Gasteiger partial charge is 0.478 e. The number of benzene rings is 1. The first kappa shape index (κ1) is 15.4. The highest BCUT2D eigenvalue weighted by molar-refractivity contribution is 6.00. The van der Waals surface area contributed by atoms with Crippen LogP contribution in [0.1, 0.15) is 16.8 Å². The number of rotatable bonds is 5. The molecule has 2 amide bonds. The topological polar surface area (TPSA) is 105 Å². The van der Waals surface area contributed by atoms with Crippen molar-refractivity contribution in [1.82, 2.24) is 5.32 Å². The summed E-state index contributed by atoms with van der Waals surface area (Å²) in [5, 5.41) is 13.3. The van der Waals surface area contributed by atoms with Gasteiger partial charge in [-0.15, -0.1) is 0 Å². The minimum atomic E-state index is -1.37. The van der Waals surface area contributed by atoms with E-state index in [0.29, 0.717) is 0 Å². The van der Waals surface area contributed by atoms with Crippen molar-refractivity contribution in [3.63, 3.8) is 0 Å². The number of carboxylic acid groups (broad SMARTS) is 1. The quantitative estimate of drug-likeness (QED) is 0.705. The molecule has 0 atom stereocenters. The third kappa shape index (κ3) is 4.23. The van der Waals surface area contributed by atoms with Crippen molar-refractivity contribution in [3.05, 3.63) is 29.6 Å². The number of carbonyl (C=O) groups excluding carboxylic acids is 2. The van der Waals surface area contributed by atoms with Gasteiger partial charge in [0.25, 0.3) is 0 Å². The molecular formula is C12H13FN2O5. The fourth-order valence-electron chi connectivity index (χ4n) is 1.37. The number of halogens is 1. The molecule has 8 heteroatoms. The molecule has 0 saturated heterocycles. The Balaban J connectivity index is 2.66. The lowest BCUT2D eigenvalue weighted by atomic mass is 10.1. The number of ether oxygens (including phenoxy) is 1. The van der Waals surface area contributed by atoms with Crippen LogP contribution in [-0.4, -0.2) is 36.7 Å². The van der Waals surface area contributed by atoms with Gasteiger partial charge in [0.15, 0.2) is 0 Å². The lowest BCUT2D eigenvalue weighted by Gasteiger charge is -2.10. The van der Waals surface area contributed by atoms with Gasteiger partial charge in [-0.2, -0.15) is 0 Å². The Labute approximate surface area is 113 Å². The van der Waals surface area contributed by atoms with Crippen LogP contribution in [0.15, 0.2) is 18.2 Å².